The summed E-state index contributed by atoms with van der Waals surface area (Å²) >= 11 is 0. The van der Waals surface area contributed by atoms with Crippen molar-refractivity contribution in [2.75, 3.05) is 6.61 Å². The number of carbonyl (C=O) groups excluding carboxylic acids is 1. The molecule has 2 aromatic rings. The maximum atomic E-state index is 12.1. The molecule has 0 aliphatic carbocycles. The van der Waals surface area contributed by atoms with Crippen LogP contribution in [0.3, 0.4) is 0 Å². The molecular weight excluding hydrogens is 238 g/mol. The molecule has 0 radical (unpaired) electrons. The highest BCUT2D eigenvalue weighted by atomic mass is 16.5. The smallest absolute Gasteiger partial charge is 0.185 e. The summed E-state index contributed by atoms with van der Waals surface area (Å²) in [6, 6.07) is 9.34. The Morgan fingerprint density at radius 2 is 2.26 bits per heavy atom. The molecule has 0 saturated carbocycles. The van der Waals surface area contributed by atoms with Crippen molar-refractivity contribution >= 4 is 11.9 Å². The number of carbonyl (C=O) groups is 1. The van der Waals surface area contributed by atoms with Crippen molar-refractivity contribution < 1.29 is 9.53 Å². The maximum absolute atomic E-state index is 12.1. The molecule has 0 saturated heterocycles. The lowest BCUT2D eigenvalue weighted by Gasteiger charge is -2.00. The molecule has 1 aliphatic rings. The molecular formula is C16H13NO2. The van der Waals surface area contributed by atoms with Gasteiger partial charge in [-0.25, -0.2) is 0 Å². The monoisotopic (exact) mass is 251 g/mol. The van der Waals surface area contributed by atoms with Crippen molar-refractivity contribution in [3.63, 3.8) is 0 Å². The predicted molar refractivity (Wildman–Crippen MR) is 73.2 cm³/mol. The summed E-state index contributed by atoms with van der Waals surface area (Å²) in [4.78, 5) is 16.1. The number of hydrogen-bond acceptors (Lipinski definition) is 3. The van der Waals surface area contributed by atoms with Crippen molar-refractivity contribution in [2.24, 2.45) is 0 Å². The molecule has 0 N–H and O–H groups in total. The normalized spacial score (nSPS) is 13.3. The number of allylic oxidation sites excluding steroid dienone is 1. The summed E-state index contributed by atoms with van der Waals surface area (Å²) in [6.45, 7) is 0.707. The topological polar surface area (TPSA) is 39.2 Å². The van der Waals surface area contributed by atoms with Crippen LogP contribution in [0.25, 0.3) is 6.08 Å². The molecule has 0 bridgehead atoms. The first kappa shape index (κ1) is 11.7. The van der Waals surface area contributed by atoms with E-state index in [1.54, 1.807) is 30.6 Å². The Morgan fingerprint density at radius 1 is 1.32 bits per heavy atom. The van der Waals surface area contributed by atoms with Crippen molar-refractivity contribution in [1.82, 2.24) is 4.98 Å². The minimum absolute atomic E-state index is 0.00134. The van der Waals surface area contributed by atoms with Crippen LogP contribution in [-0.4, -0.2) is 17.4 Å². The fourth-order valence-electron chi connectivity index (χ4n) is 2.08. The number of nitrogens with zero attached hydrogens (tertiary/aromatic N) is 1. The van der Waals surface area contributed by atoms with Gasteiger partial charge in [0.15, 0.2) is 5.78 Å². The fourth-order valence-corrected chi connectivity index (χ4v) is 2.08. The number of ether oxygens (including phenoxy) is 1. The first-order valence-corrected chi connectivity index (χ1v) is 6.21. The zero-order chi connectivity index (χ0) is 13.1. The highest BCUT2D eigenvalue weighted by Gasteiger charge is 2.13. The molecule has 0 fully saturated rings. The lowest BCUT2D eigenvalue weighted by molar-refractivity contribution is 0.104. The van der Waals surface area contributed by atoms with Crippen LogP contribution in [-0.2, 0) is 6.42 Å². The van der Waals surface area contributed by atoms with Crippen LogP contribution in [0.5, 0.6) is 5.75 Å². The molecule has 1 aromatic carbocycles. The third kappa shape index (κ3) is 2.55. The van der Waals surface area contributed by atoms with E-state index in [0.717, 1.165) is 23.3 Å². The summed E-state index contributed by atoms with van der Waals surface area (Å²) in [6.07, 6.45) is 7.66. The van der Waals surface area contributed by atoms with Gasteiger partial charge in [0.05, 0.1) is 6.61 Å². The van der Waals surface area contributed by atoms with Gasteiger partial charge < -0.3 is 4.74 Å². The molecule has 3 rings (SSSR count). The van der Waals surface area contributed by atoms with Crippen molar-refractivity contribution in [2.45, 2.75) is 6.42 Å². The van der Waals surface area contributed by atoms with E-state index in [1.807, 2.05) is 24.3 Å². The third-order valence-corrected chi connectivity index (χ3v) is 3.09. The number of ketones is 1. The van der Waals surface area contributed by atoms with E-state index in [2.05, 4.69) is 4.98 Å². The highest BCUT2D eigenvalue weighted by molar-refractivity contribution is 6.07. The summed E-state index contributed by atoms with van der Waals surface area (Å²) in [5, 5.41) is 0. The van der Waals surface area contributed by atoms with E-state index >= 15 is 0 Å². The maximum Gasteiger partial charge on any atom is 0.185 e. The quantitative estimate of drug-likeness (QED) is 0.622. The molecule has 19 heavy (non-hydrogen) atoms. The second kappa shape index (κ2) is 5.06. The largest absolute Gasteiger partial charge is 0.493 e. The van der Waals surface area contributed by atoms with E-state index in [1.165, 1.54) is 0 Å². The van der Waals surface area contributed by atoms with Gasteiger partial charge in [0.2, 0.25) is 0 Å². The molecule has 2 heterocycles. The third-order valence-electron chi connectivity index (χ3n) is 3.09. The minimum atomic E-state index is -0.00134. The second-order valence-corrected chi connectivity index (χ2v) is 4.40. The zero-order valence-corrected chi connectivity index (χ0v) is 10.4. The lowest BCUT2D eigenvalue weighted by atomic mass is 10.0. The number of hydrogen-bond donors (Lipinski definition) is 0. The Kier molecular flexibility index (Phi) is 3.11. The van der Waals surface area contributed by atoms with E-state index in [9.17, 15) is 4.79 Å². The lowest BCUT2D eigenvalue weighted by Crippen LogP contribution is -1.95. The van der Waals surface area contributed by atoms with Gasteiger partial charge in [-0.3, -0.25) is 9.78 Å². The van der Waals surface area contributed by atoms with E-state index in [-0.39, 0.29) is 5.78 Å². The van der Waals surface area contributed by atoms with Gasteiger partial charge in [0.1, 0.15) is 5.75 Å². The van der Waals surface area contributed by atoms with Gasteiger partial charge in [-0.05, 0) is 47.5 Å². The Morgan fingerprint density at radius 3 is 3.11 bits per heavy atom. The average molecular weight is 251 g/mol. The summed E-state index contributed by atoms with van der Waals surface area (Å²) in [5.74, 6) is 0.895. The molecule has 3 nitrogen and oxygen atoms in total. The van der Waals surface area contributed by atoms with Gasteiger partial charge in [0.25, 0.3) is 0 Å². The second-order valence-electron chi connectivity index (χ2n) is 4.40. The molecule has 0 atom stereocenters. The van der Waals surface area contributed by atoms with Gasteiger partial charge in [0, 0.05) is 24.4 Å². The number of benzene rings is 1. The van der Waals surface area contributed by atoms with Crippen LogP contribution in [0.4, 0.5) is 0 Å². The van der Waals surface area contributed by atoms with Crippen molar-refractivity contribution in [1.29, 1.82) is 0 Å². The molecule has 94 valence electrons. The highest BCUT2D eigenvalue weighted by Crippen LogP contribution is 2.26. The first-order chi connectivity index (χ1) is 9.33. The number of fused-ring (bicyclic) bond motifs is 1. The van der Waals surface area contributed by atoms with E-state index < -0.39 is 0 Å². The molecule has 0 amide bonds. The Bertz CT molecular complexity index is 632. The standard InChI is InChI=1S/C16H13NO2/c18-15(5-3-12-2-1-8-17-11-12)13-4-6-16-14(10-13)7-9-19-16/h1-6,8,10-11H,7,9H2. The first-order valence-electron chi connectivity index (χ1n) is 6.21. The SMILES string of the molecule is O=C(C=Cc1cccnc1)c1ccc2c(c1)CCO2. The van der Waals surface area contributed by atoms with Crippen molar-refractivity contribution in [3.8, 4) is 5.75 Å². The number of rotatable bonds is 3. The van der Waals surface area contributed by atoms with Crippen LogP contribution < -0.4 is 4.74 Å². The van der Waals surface area contributed by atoms with Gasteiger partial charge in [-0.15, -0.1) is 0 Å². The Balaban J connectivity index is 1.79. The van der Waals surface area contributed by atoms with Crippen molar-refractivity contribution in [3.05, 3.63) is 65.5 Å². The van der Waals surface area contributed by atoms with Crippen LogP contribution in [0, 0.1) is 0 Å². The minimum Gasteiger partial charge on any atom is -0.493 e. The van der Waals surface area contributed by atoms with Gasteiger partial charge in [-0.1, -0.05) is 6.07 Å². The summed E-state index contributed by atoms with van der Waals surface area (Å²) < 4.78 is 5.42. The Labute approximate surface area is 111 Å². The summed E-state index contributed by atoms with van der Waals surface area (Å²) in [5.41, 5.74) is 2.73. The number of pyridine rings is 1. The molecule has 1 aromatic heterocycles. The fraction of sp³-hybridized carbons (Fsp3) is 0.125. The van der Waals surface area contributed by atoms with Crippen LogP contribution in [0.2, 0.25) is 0 Å². The van der Waals surface area contributed by atoms with E-state index in [4.69, 9.17) is 4.74 Å². The summed E-state index contributed by atoms with van der Waals surface area (Å²) in [7, 11) is 0. The molecule has 3 heteroatoms. The molecule has 1 aliphatic heterocycles. The van der Waals surface area contributed by atoms with E-state index in [0.29, 0.717) is 12.2 Å². The Hall–Kier alpha value is -2.42. The van der Waals surface area contributed by atoms with Crippen LogP contribution in [0.15, 0.2) is 48.8 Å². The molecule has 0 unspecified atom stereocenters. The van der Waals surface area contributed by atoms with Crippen LogP contribution in [0.1, 0.15) is 21.5 Å². The van der Waals surface area contributed by atoms with Crippen LogP contribution >= 0.6 is 0 Å². The average Bonchev–Trinajstić information content (AvgIpc) is 2.93. The zero-order valence-electron chi connectivity index (χ0n) is 10.4. The predicted octanol–water partition coefficient (Wildman–Crippen LogP) is 2.91. The number of aromatic nitrogens is 1. The molecule has 0 spiro atoms. The van der Waals surface area contributed by atoms with Gasteiger partial charge in [-0.2, -0.15) is 0 Å². The van der Waals surface area contributed by atoms with Gasteiger partial charge >= 0.3 is 0 Å².